The highest BCUT2D eigenvalue weighted by atomic mass is 16.3. The van der Waals surface area contributed by atoms with Gasteiger partial charge in [-0.25, -0.2) is 0 Å². The average molecular weight is 165 g/mol. The summed E-state index contributed by atoms with van der Waals surface area (Å²) in [6, 6.07) is 4.03. The predicted octanol–water partition coefficient (Wildman–Crippen LogP) is 1.79. The van der Waals surface area contributed by atoms with Crippen molar-refractivity contribution < 1.29 is 5.11 Å². The molecule has 0 saturated carbocycles. The zero-order valence-corrected chi connectivity index (χ0v) is 7.40. The number of hydrogen-bond acceptors (Lipinski definition) is 2. The van der Waals surface area contributed by atoms with Gasteiger partial charge in [0.1, 0.15) is 0 Å². The molecule has 0 aliphatic rings. The summed E-state index contributed by atoms with van der Waals surface area (Å²) >= 11 is 0. The molecule has 1 aromatic rings. The summed E-state index contributed by atoms with van der Waals surface area (Å²) in [5.74, 6) is 0. The molecule has 0 aliphatic carbocycles. The smallest absolute Gasteiger partial charge is 0.0512 e. The maximum atomic E-state index is 9.02. The fourth-order valence-electron chi connectivity index (χ4n) is 1.15. The van der Waals surface area contributed by atoms with Gasteiger partial charge in [-0.15, -0.1) is 0 Å². The second kappa shape index (κ2) is 4.88. The quantitative estimate of drug-likeness (QED) is 0.737. The van der Waals surface area contributed by atoms with E-state index in [-0.39, 0.29) is 6.10 Å². The molecule has 0 amide bonds. The van der Waals surface area contributed by atoms with Gasteiger partial charge in [0.05, 0.1) is 6.10 Å². The highest BCUT2D eigenvalue weighted by Gasteiger charge is 1.96. The highest BCUT2D eigenvalue weighted by molar-refractivity contribution is 5.09. The van der Waals surface area contributed by atoms with Gasteiger partial charge in [0.15, 0.2) is 0 Å². The van der Waals surface area contributed by atoms with E-state index in [1.807, 2.05) is 19.1 Å². The molecule has 0 spiro atoms. The van der Waals surface area contributed by atoms with E-state index in [1.54, 1.807) is 12.4 Å². The minimum absolute atomic E-state index is 0.174. The molecule has 0 unspecified atom stereocenters. The zero-order chi connectivity index (χ0) is 8.81. The Morgan fingerprint density at radius 3 is 2.67 bits per heavy atom. The normalized spacial score (nSPS) is 12.8. The Morgan fingerprint density at radius 1 is 1.42 bits per heavy atom. The van der Waals surface area contributed by atoms with E-state index in [0.717, 1.165) is 19.3 Å². The van der Waals surface area contributed by atoms with E-state index in [1.165, 1.54) is 5.56 Å². The number of hydrogen-bond donors (Lipinski definition) is 1. The van der Waals surface area contributed by atoms with E-state index in [9.17, 15) is 0 Å². The number of aliphatic hydroxyl groups is 1. The lowest BCUT2D eigenvalue weighted by Gasteiger charge is -2.02. The second-order valence-electron chi connectivity index (χ2n) is 3.10. The summed E-state index contributed by atoms with van der Waals surface area (Å²) in [4.78, 5) is 3.94. The monoisotopic (exact) mass is 165 g/mol. The molecular formula is C10H15NO. The molecule has 1 N–H and O–H groups in total. The summed E-state index contributed by atoms with van der Waals surface area (Å²) in [7, 11) is 0. The Labute approximate surface area is 73.3 Å². The lowest BCUT2D eigenvalue weighted by molar-refractivity contribution is 0.182. The first-order chi connectivity index (χ1) is 5.79. The summed E-state index contributed by atoms with van der Waals surface area (Å²) < 4.78 is 0. The molecule has 0 saturated heterocycles. The number of aliphatic hydroxyl groups excluding tert-OH is 1. The number of nitrogens with zero attached hydrogens (tertiary/aromatic N) is 1. The van der Waals surface area contributed by atoms with Gasteiger partial charge in [-0.3, -0.25) is 4.98 Å². The lowest BCUT2D eigenvalue weighted by atomic mass is 10.1. The van der Waals surface area contributed by atoms with Crippen molar-refractivity contribution in [3.63, 3.8) is 0 Å². The number of rotatable bonds is 4. The van der Waals surface area contributed by atoms with E-state index in [0.29, 0.717) is 0 Å². The summed E-state index contributed by atoms with van der Waals surface area (Å²) in [6.45, 7) is 1.83. The Morgan fingerprint density at radius 2 is 2.08 bits per heavy atom. The highest BCUT2D eigenvalue weighted by Crippen LogP contribution is 2.04. The molecule has 0 bridgehead atoms. The minimum Gasteiger partial charge on any atom is -0.393 e. The van der Waals surface area contributed by atoms with Crippen molar-refractivity contribution in [2.24, 2.45) is 0 Å². The lowest BCUT2D eigenvalue weighted by Crippen LogP contribution is -1.99. The van der Waals surface area contributed by atoms with Crippen LogP contribution < -0.4 is 0 Å². The van der Waals surface area contributed by atoms with Gasteiger partial charge in [-0.2, -0.15) is 0 Å². The van der Waals surface area contributed by atoms with Crippen LogP contribution in [0.3, 0.4) is 0 Å². The molecule has 0 fully saturated rings. The van der Waals surface area contributed by atoms with E-state index in [4.69, 9.17) is 5.11 Å². The summed E-state index contributed by atoms with van der Waals surface area (Å²) in [6.07, 6.45) is 6.39. The summed E-state index contributed by atoms with van der Waals surface area (Å²) in [5, 5.41) is 9.02. The Kier molecular flexibility index (Phi) is 3.74. The minimum atomic E-state index is -0.174. The van der Waals surface area contributed by atoms with Crippen LogP contribution in [-0.4, -0.2) is 16.2 Å². The molecule has 0 aliphatic heterocycles. The molecule has 66 valence electrons. The molecule has 0 radical (unpaired) electrons. The van der Waals surface area contributed by atoms with E-state index < -0.39 is 0 Å². The first kappa shape index (κ1) is 9.20. The van der Waals surface area contributed by atoms with Gasteiger partial charge in [0.25, 0.3) is 0 Å². The van der Waals surface area contributed by atoms with Crippen molar-refractivity contribution >= 4 is 0 Å². The Bertz CT molecular complexity index is 208. The molecule has 0 aromatic carbocycles. The number of aryl methyl sites for hydroxylation is 1. The second-order valence-corrected chi connectivity index (χ2v) is 3.10. The third-order valence-corrected chi connectivity index (χ3v) is 1.84. The van der Waals surface area contributed by atoms with Gasteiger partial charge >= 0.3 is 0 Å². The topological polar surface area (TPSA) is 33.1 Å². The number of pyridine rings is 1. The fourth-order valence-corrected chi connectivity index (χ4v) is 1.15. The van der Waals surface area contributed by atoms with Crippen molar-refractivity contribution in [2.75, 3.05) is 0 Å². The first-order valence-corrected chi connectivity index (χ1v) is 4.36. The van der Waals surface area contributed by atoms with Crippen LogP contribution in [0.5, 0.6) is 0 Å². The Hall–Kier alpha value is -0.890. The molecule has 1 rings (SSSR count). The molecule has 12 heavy (non-hydrogen) atoms. The standard InChI is InChI=1S/C10H15NO/c1-9(12)3-2-4-10-5-7-11-8-6-10/h5-9,12H,2-4H2,1H3/t9-/m0/s1. The SMILES string of the molecule is C[C@H](O)CCCc1ccncc1. The van der Waals surface area contributed by atoms with E-state index >= 15 is 0 Å². The van der Waals surface area contributed by atoms with Gasteiger partial charge < -0.3 is 5.11 Å². The van der Waals surface area contributed by atoms with Crippen LogP contribution in [-0.2, 0) is 6.42 Å². The maximum absolute atomic E-state index is 9.02. The molecule has 2 nitrogen and oxygen atoms in total. The van der Waals surface area contributed by atoms with Crippen molar-refractivity contribution in [1.82, 2.24) is 4.98 Å². The van der Waals surface area contributed by atoms with Crippen molar-refractivity contribution in [3.05, 3.63) is 30.1 Å². The van der Waals surface area contributed by atoms with Gasteiger partial charge in [0.2, 0.25) is 0 Å². The zero-order valence-electron chi connectivity index (χ0n) is 7.40. The molecule has 1 aromatic heterocycles. The van der Waals surface area contributed by atoms with Crippen LogP contribution in [0, 0.1) is 0 Å². The fraction of sp³-hybridized carbons (Fsp3) is 0.500. The third kappa shape index (κ3) is 3.49. The van der Waals surface area contributed by atoms with Crippen molar-refractivity contribution in [1.29, 1.82) is 0 Å². The number of aromatic nitrogens is 1. The van der Waals surface area contributed by atoms with Crippen molar-refractivity contribution in [3.8, 4) is 0 Å². The van der Waals surface area contributed by atoms with Crippen LogP contribution in [0.2, 0.25) is 0 Å². The van der Waals surface area contributed by atoms with Crippen molar-refractivity contribution in [2.45, 2.75) is 32.3 Å². The van der Waals surface area contributed by atoms with Crippen LogP contribution in [0.25, 0.3) is 0 Å². The van der Waals surface area contributed by atoms with Gasteiger partial charge in [0, 0.05) is 12.4 Å². The van der Waals surface area contributed by atoms with Crippen LogP contribution in [0.4, 0.5) is 0 Å². The average Bonchev–Trinajstić information content (AvgIpc) is 2.05. The maximum Gasteiger partial charge on any atom is 0.0512 e. The van der Waals surface area contributed by atoms with Crippen LogP contribution >= 0.6 is 0 Å². The third-order valence-electron chi connectivity index (χ3n) is 1.84. The molecule has 1 atom stereocenters. The van der Waals surface area contributed by atoms with Gasteiger partial charge in [-0.1, -0.05) is 0 Å². The molecule has 1 heterocycles. The first-order valence-electron chi connectivity index (χ1n) is 4.36. The molecular weight excluding hydrogens is 150 g/mol. The van der Waals surface area contributed by atoms with Crippen LogP contribution in [0.15, 0.2) is 24.5 Å². The Balaban J connectivity index is 2.25. The largest absolute Gasteiger partial charge is 0.393 e. The predicted molar refractivity (Wildman–Crippen MR) is 48.9 cm³/mol. The van der Waals surface area contributed by atoms with E-state index in [2.05, 4.69) is 4.98 Å². The molecule has 2 heteroatoms. The summed E-state index contributed by atoms with van der Waals surface area (Å²) in [5.41, 5.74) is 1.30. The van der Waals surface area contributed by atoms with Gasteiger partial charge in [-0.05, 0) is 43.9 Å². The van der Waals surface area contributed by atoms with Crippen LogP contribution in [0.1, 0.15) is 25.3 Å².